The number of H-pyrrole nitrogens is 1. The van der Waals surface area contributed by atoms with Gasteiger partial charge < -0.3 is 9.72 Å². The maximum absolute atomic E-state index is 11.2. The van der Waals surface area contributed by atoms with Crippen molar-refractivity contribution in [3.8, 4) is 0 Å². The number of rotatable bonds is 4. The fourth-order valence-electron chi connectivity index (χ4n) is 1.50. The highest BCUT2D eigenvalue weighted by molar-refractivity contribution is 8.93. The number of imidazole rings is 1. The summed E-state index contributed by atoms with van der Waals surface area (Å²) in [6.07, 6.45) is 0. The Morgan fingerprint density at radius 1 is 1.50 bits per heavy atom. The lowest BCUT2D eigenvalue weighted by molar-refractivity contribution is -0.139. The molecule has 1 heterocycles. The van der Waals surface area contributed by atoms with Crippen LogP contribution in [0, 0.1) is 6.92 Å². The lowest BCUT2D eigenvalue weighted by atomic mass is 10.2. The van der Waals surface area contributed by atoms with E-state index in [4.69, 9.17) is 4.74 Å². The van der Waals surface area contributed by atoms with Crippen LogP contribution in [0.5, 0.6) is 0 Å². The first-order valence-electron chi connectivity index (χ1n) is 5.44. The van der Waals surface area contributed by atoms with Gasteiger partial charge in [-0.25, -0.2) is 4.98 Å². The van der Waals surface area contributed by atoms with E-state index in [0.717, 1.165) is 16.2 Å². The predicted octanol–water partition coefficient (Wildman–Crippen LogP) is 3.10. The topological polar surface area (TPSA) is 55.0 Å². The number of fused-ring (bicyclic) bond motifs is 1. The summed E-state index contributed by atoms with van der Waals surface area (Å²) in [5, 5.41) is 0.749. The molecule has 1 N–H and O–H groups in total. The molecular weight excluding hydrogens is 316 g/mol. The SMILES string of the molecule is Br.CCOC(=O)CSc1nc2ccc(C)cc2[nH]1. The molecule has 0 atom stereocenters. The van der Waals surface area contributed by atoms with Crippen molar-refractivity contribution in [1.82, 2.24) is 9.97 Å². The zero-order valence-corrected chi connectivity index (χ0v) is 12.8. The number of halogens is 1. The third-order valence-corrected chi connectivity index (χ3v) is 3.09. The Bertz CT molecular complexity index is 542. The molecule has 0 unspecified atom stereocenters. The monoisotopic (exact) mass is 330 g/mol. The van der Waals surface area contributed by atoms with Gasteiger partial charge in [-0.3, -0.25) is 4.79 Å². The molecule has 6 heteroatoms. The number of ether oxygens (including phenoxy) is 1. The average Bonchev–Trinajstić information content (AvgIpc) is 2.68. The predicted molar refractivity (Wildman–Crippen MR) is 78.5 cm³/mol. The molecule has 0 spiro atoms. The van der Waals surface area contributed by atoms with Crippen LogP contribution in [-0.4, -0.2) is 28.3 Å². The van der Waals surface area contributed by atoms with Crippen molar-refractivity contribution in [3.63, 3.8) is 0 Å². The van der Waals surface area contributed by atoms with Crippen LogP contribution < -0.4 is 0 Å². The fourth-order valence-corrected chi connectivity index (χ4v) is 2.18. The minimum absolute atomic E-state index is 0. The van der Waals surface area contributed by atoms with Gasteiger partial charge in [0, 0.05) is 0 Å². The van der Waals surface area contributed by atoms with Crippen LogP contribution in [0.3, 0.4) is 0 Å². The van der Waals surface area contributed by atoms with Crippen LogP contribution in [-0.2, 0) is 9.53 Å². The van der Waals surface area contributed by atoms with Gasteiger partial charge in [-0.1, -0.05) is 17.8 Å². The van der Waals surface area contributed by atoms with Crippen LogP contribution in [0.25, 0.3) is 11.0 Å². The molecule has 18 heavy (non-hydrogen) atoms. The highest BCUT2D eigenvalue weighted by Crippen LogP contribution is 2.20. The number of esters is 1. The quantitative estimate of drug-likeness (QED) is 0.691. The Kier molecular flexibility index (Phi) is 5.68. The van der Waals surface area contributed by atoms with Crippen LogP contribution in [0.1, 0.15) is 12.5 Å². The molecule has 4 nitrogen and oxygen atoms in total. The lowest BCUT2D eigenvalue weighted by Crippen LogP contribution is -2.06. The van der Waals surface area contributed by atoms with E-state index < -0.39 is 0 Å². The highest BCUT2D eigenvalue weighted by atomic mass is 79.9. The van der Waals surface area contributed by atoms with Gasteiger partial charge in [-0.05, 0) is 31.5 Å². The maximum Gasteiger partial charge on any atom is 0.316 e. The van der Waals surface area contributed by atoms with Crippen molar-refractivity contribution in [2.45, 2.75) is 19.0 Å². The van der Waals surface area contributed by atoms with E-state index in [2.05, 4.69) is 9.97 Å². The van der Waals surface area contributed by atoms with E-state index in [0.29, 0.717) is 6.61 Å². The molecule has 0 aliphatic heterocycles. The van der Waals surface area contributed by atoms with Gasteiger partial charge in [0.1, 0.15) is 0 Å². The first kappa shape index (κ1) is 15.0. The zero-order chi connectivity index (χ0) is 12.3. The van der Waals surface area contributed by atoms with Crippen LogP contribution in [0.15, 0.2) is 23.4 Å². The van der Waals surface area contributed by atoms with E-state index in [1.54, 1.807) is 6.92 Å². The van der Waals surface area contributed by atoms with Gasteiger partial charge in [-0.2, -0.15) is 0 Å². The summed E-state index contributed by atoms with van der Waals surface area (Å²) < 4.78 is 4.86. The van der Waals surface area contributed by atoms with Gasteiger partial charge in [0.05, 0.1) is 23.4 Å². The second-order valence-corrected chi connectivity index (χ2v) is 4.62. The number of aromatic nitrogens is 2. The van der Waals surface area contributed by atoms with Crippen molar-refractivity contribution in [2.24, 2.45) is 0 Å². The number of aryl methyl sites for hydroxylation is 1. The summed E-state index contributed by atoms with van der Waals surface area (Å²) in [7, 11) is 0. The van der Waals surface area contributed by atoms with E-state index in [-0.39, 0.29) is 28.7 Å². The minimum atomic E-state index is -0.214. The van der Waals surface area contributed by atoms with Crippen molar-refractivity contribution in [1.29, 1.82) is 0 Å². The molecular formula is C12H15BrN2O2S. The molecule has 0 aliphatic rings. The van der Waals surface area contributed by atoms with Crippen LogP contribution >= 0.6 is 28.7 Å². The summed E-state index contributed by atoms with van der Waals surface area (Å²) in [6.45, 7) is 4.25. The Hall–Kier alpha value is -1.01. The molecule has 98 valence electrons. The number of hydrogen-bond donors (Lipinski definition) is 1. The number of carbonyl (C=O) groups is 1. The third-order valence-electron chi connectivity index (χ3n) is 2.25. The highest BCUT2D eigenvalue weighted by Gasteiger charge is 2.07. The number of nitrogens with one attached hydrogen (secondary N) is 1. The van der Waals surface area contributed by atoms with Crippen LogP contribution in [0.4, 0.5) is 0 Å². The van der Waals surface area contributed by atoms with Gasteiger partial charge in [0.15, 0.2) is 5.16 Å². The summed E-state index contributed by atoms with van der Waals surface area (Å²) in [6, 6.07) is 6.02. The minimum Gasteiger partial charge on any atom is -0.465 e. The van der Waals surface area contributed by atoms with Crippen molar-refractivity contribution >= 4 is 45.7 Å². The molecule has 0 saturated heterocycles. The Morgan fingerprint density at radius 2 is 2.28 bits per heavy atom. The molecule has 2 aromatic rings. The van der Waals surface area contributed by atoms with Gasteiger partial charge in [0.2, 0.25) is 0 Å². The molecule has 0 aliphatic carbocycles. The molecule has 0 fully saturated rings. The number of nitrogens with zero attached hydrogens (tertiary/aromatic N) is 1. The molecule has 0 amide bonds. The molecule has 1 aromatic carbocycles. The van der Waals surface area contributed by atoms with E-state index >= 15 is 0 Å². The Balaban J connectivity index is 0.00000162. The number of thioether (sulfide) groups is 1. The number of hydrogen-bond acceptors (Lipinski definition) is 4. The Labute approximate surface area is 120 Å². The zero-order valence-electron chi connectivity index (χ0n) is 10.2. The number of aromatic amines is 1. The lowest BCUT2D eigenvalue weighted by Gasteiger charge is -1.98. The molecule has 2 rings (SSSR count). The first-order valence-corrected chi connectivity index (χ1v) is 6.42. The van der Waals surface area contributed by atoms with Crippen molar-refractivity contribution < 1.29 is 9.53 Å². The maximum atomic E-state index is 11.2. The fraction of sp³-hybridized carbons (Fsp3) is 0.333. The summed E-state index contributed by atoms with van der Waals surface area (Å²) >= 11 is 1.36. The first-order chi connectivity index (χ1) is 8.19. The largest absolute Gasteiger partial charge is 0.465 e. The molecule has 0 saturated carbocycles. The summed E-state index contributed by atoms with van der Waals surface area (Å²) in [4.78, 5) is 18.8. The summed E-state index contributed by atoms with van der Waals surface area (Å²) in [5.41, 5.74) is 3.10. The van der Waals surface area contributed by atoms with Crippen LogP contribution in [0.2, 0.25) is 0 Å². The van der Waals surface area contributed by atoms with E-state index in [9.17, 15) is 4.79 Å². The van der Waals surface area contributed by atoms with Gasteiger partial charge >= 0.3 is 5.97 Å². The average molecular weight is 331 g/mol. The van der Waals surface area contributed by atoms with E-state index in [1.807, 2.05) is 25.1 Å². The van der Waals surface area contributed by atoms with E-state index in [1.165, 1.54) is 17.3 Å². The third kappa shape index (κ3) is 3.74. The van der Waals surface area contributed by atoms with Crippen molar-refractivity contribution in [2.75, 3.05) is 12.4 Å². The number of carbonyl (C=O) groups excluding carboxylic acids is 1. The number of benzene rings is 1. The summed E-state index contributed by atoms with van der Waals surface area (Å²) in [5.74, 6) is 0.0706. The second-order valence-electron chi connectivity index (χ2n) is 3.66. The Morgan fingerprint density at radius 3 is 3.00 bits per heavy atom. The molecule has 0 radical (unpaired) electrons. The van der Waals surface area contributed by atoms with Gasteiger partial charge in [0.25, 0.3) is 0 Å². The molecule has 1 aromatic heterocycles. The molecule has 0 bridgehead atoms. The smallest absolute Gasteiger partial charge is 0.316 e. The normalized spacial score (nSPS) is 10.1. The second kappa shape index (κ2) is 6.80. The standard InChI is InChI=1S/C12H14N2O2S.BrH/c1-3-16-11(15)7-17-12-13-9-5-4-8(2)6-10(9)14-12;/h4-6H,3,7H2,1-2H3,(H,13,14);1H. The van der Waals surface area contributed by atoms with Crippen molar-refractivity contribution in [3.05, 3.63) is 23.8 Å². The van der Waals surface area contributed by atoms with Gasteiger partial charge in [-0.15, -0.1) is 17.0 Å².